The number of para-hydroxylation sites is 1. The zero-order valence-corrected chi connectivity index (χ0v) is 15.3. The lowest BCUT2D eigenvalue weighted by Gasteiger charge is -2.34. The van der Waals surface area contributed by atoms with Crippen molar-refractivity contribution in [3.05, 3.63) is 59.1 Å². The Labute approximate surface area is 157 Å². The molecule has 1 aliphatic heterocycles. The summed E-state index contributed by atoms with van der Waals surface area (Å²) in [7, 11) is 1.66. The predicted molar refractivity (Wildman–Crippen MR) is 106 cm³/mol. The minimum absolute atomic E-state index is 0.0956. The van der Waals surface area contributed by atoms with Crippen LogP contribution >= 0.6 is 0 Å². The predicted octanol–water partition coefficient (Wildman–Crippen LogP) is 2.04. The smallest absolute Gasteiger partial charge is 0.268 e. The van der Waals surface area contributed by atoms with E-state index in [0.717, 1.165) is 48.3 Å². The average molecular weight is 365 g/mol. The van der Waals surface area contributed by atoms with Crippen LogP contribution in [0.1, 0.15) is 6.42 Å². The molecular formula is C20H23N5O2. The molecule has 140 valence electrons. The number of fused-ring (bicyclic) bond motifs is 1. The van der Waals surface area contributed by atoms with Gasteiger partial charge in [-0.05, 0) is 18.6 Å². The molecule has 0 radical (unpaired) electrons. The molecule has 4 rings (SSSR count). The molecule has 1 saturated heterocycles. The van der Waals surface area contributed by atoms with Gasteiger partial charge in [-0.1, -0.05) is 18.2 Å². The van der Waals surface area contributed by atoms with Crippen LogP contribution in [0.15, 0.2) is 53.6 Å². The monoisotopic (exact) mass is 365 g/mol. The zero-order valence-electron chi connectivity index (χ0n) is 15.3. The highest BCUT2D eigenvalue weighted by molar-refractivity contribution is 5.90. The molecule has 0 bridgehead atoms. The maximum absolute atomic E-state index is 11.8. The summed E-state index contributed by atoms with van der Waals surface area (Å²) < 4.78 is 7.25. The Kier molecular flexibility index (Phi) is 5.02. The van der Waals surface area contributed by atoms with Gasteiger partial charge in [0.25, 0.3) is 5.56 Å². The van der Waals surface area contributed by atoms with Crippen molar-refractivity contribution >= 4 is 22.3 Å². The maximum atomic E-state index is 11.8. The van der Waals surface area contributed by atoms with Crippen molar-refractivity contribution in [2.45, 2.75) is 12.5 Å². The summed E-state index contributed by atoms with van der Waals surface area (Å²) in [4.78, 5) is 18.4. The van der Waals surface area contributed by atoms with Crippen LogP contribution in [0, 0.1) is 0 Å². The Balaban J connectivity index is 1.37. The van der Waals surface area contributed by atoms with Crippen LogP contribution in [-0.2, 0) is 11.8 Å². The number of rotatable bonds is 5. The maximum Gasteiger partial charge on any atom is 0.268 e. The van der Waals surface area contributed by atoms with Crippen LogP contribution in [0.4, 0.5) is 11.4 Å². The van der Waals surface area contributed by atoms with Gasteiger partial charge in [0.15, 0.2) is 0 Å². The van der Waals surface area contributed by atoms with E-state index in [9.17, 15) is 4.79 Å². The van der Waals surface area contributed by atoms with E-state index in [2.05, 4.69) is 26.4 Å². The van der Waals surface area contributed by atoms with Crippen LogP contribution in [-0.4, -0.2) is 47.1 Å². The first kappa shape index (κ1) is 17.5. The van der Waals surface area contributed by atoms with Gasteiger partial charge in [-0.25, -0.2) is 4.68 Å². The number of pyridine rings is 1. The quantitative estimate of drug-likeness (QED) is 0.746. The summed E-state index contributed by atoms with van der Waals surface area (Å²) >= 11 is 0. The van der Waals surface area contributed by atoms with Gasteiger partial charge in [0, 0.05) is 50.0 Å². The van der Waals surface area contributed by atoms with Gasteiger partial charge in [0.05, 0.1) is 30.1 Å². The summed E-state index contributed by atoms with van der Waals surface area (Å²) in [5.41, 5.74) is 2.84. The zero-order chi connectivity index (χ0) is 18.6. The minimum atomic E-state index is -0.0956. The summed E-state index contributed by atoms with van der Waals surface area (Å²) in [5, 5.41) is 8.74. The van der Waals surface area contributed by atoms with E-state index in [1.54, 1.807) is 19.3 Å². The largest absolute Gasteiger partial charge is 0.384 e. The summed E-state index contributed by atoms with van der Waals surface area (Å²) in [6.07, 6.45) is 4.56. The molecule has 0 amide bonds. The molecule has 0 unspecified atom stereocenters. The number of aryl methyl sites for hydroxylation is 1. The van der Waals surface area contributed by atoms with Crippen LogP contribution in [0.25, 0.3) is 10.9 Å². The number of aromatic nitrogens is 3. The highest BCUT2D eigenvalue weighted by Gasteiger charge is 2.21. The van der Waals surface area contributed by atoms with Gasteiger partial charge >= 0.3 is 0 Å². The second-order valence-corrected chi connectivity index (χ2v) is 6.71. The third kappa shape index (κ3) is 3.93. The van der Waals surface area contributed by atoms with Crippen molar-refractivity contribution in [1.29, 1.82) is 0 Å². The van der Waals surface area contributed by atoms with E-state index in [-0.39, 0.29) is 11.7 Å². The topological polar surface area (TPSA) is 72.3 Å². The van der Waals surface area contributed by atoms with E-state index in [1.807, 2.05) is 30.5 Å². The van der Waals surface area contributed by atoms with Crippen LogP contribution in [0.3, 0.4) is 0 Å². The number of anilines is 2. The van der Waals surface area contributed by atoms with Gasteiger partial charge in [-0.3, -0.25) is 9.78 Å². The van der Waals surface area contributed by atoms with Crippen molar-refractivity contribution in [3.63, 3.8) is 0 Å². The Morgan fingerprint density at radius 3 is 3.07 bits per heavy atom. The first-order valence-electron chi connectivity index (χ1n) is 9.18. The van der Waals surface area contributed by atoms with Gasteiger partial charge in [-0.2, -0.15) is 5.10 Å². The molecule has 1 aliphatic rings. The molecule has 3 heterocycles. The molecule has 1 aromatic carbocycles. The number of hydrogen-bond acceptors (Lipinski definition) is 6. The highest BCUT2D eigenvalue weighted by Crippen LogP contribution is 2.21. The lowest BCUT2D eigenvalue weighted by atomic mass is 10.1. The highest BCUT2D eigenvalue weighted by atomic mass is 16.5. The van der Waals surface area contributed by atoms with Crippen molar-refractivity contribution in [2.75, 3.05) is 36.5 Å². The van der Waals surface area contributed by atoms with E-state index in [0.29, 0.717) is 6.61 Å². The van der Waals surface area contributed by atoms with Crippen molar-refractivity contribution in [1.82, 2.24) is 14.8 Å². The molecule has 1 atom stereocenters. The molecular weight excluding hydrogens is 342 g/mol. The Morgan fingerprint density at radius 1 is 1.30 bits per heavy atom. The number of nitrogens with one attached hydrogen (secondary N) is 1. The molecule has 0 spiro atoms. The Morgan fingerprint density at radius 2 is 2.19 bits per heavy atom. The summed E-state index contributed by atoms with van der Waals surface area (Å²) in [5.74, 6) is 0. The fourth-order valence-electron chi connectivity index (χ4n) is 3.38. The standard InChI is InChI=1S/C20H23N5O2/c1-24-20(26)12-15(13-23-24)25-10-11-27-16(14-25)6-8-21-19-7-9-22-18-5-3-2-4-17(18)19/h2-5,7,9,12-13,16H,6,8,10-11,14H2,1H3,(H,21,22)/t16-/m0/s1. The van der Waals surface area contributed by atoms with Gasteiger partial charge in [0.1, 0.15) is 0 Å². The van der Waals surface area contributed by atoms with Crippen LogP contribution in [0.2, 0.25) is 0 Å². The number of morpholine rings is 1. The van der Waals surface area contributed by atoms with E-state index in [4.69, 9.17) is 4.74 Å². The van der Waals surface area contributed by atoms with Crippen molar-refractivity contribution in [2.24, 2.45) is 7.05 Å². The Hall–Kier alpha value is -2.93. The molecule has 7 heteroatoms. The molecule has 1 fully saturated rings. The second-order valence-electron chi connectivity index (χ2n) is 6.71. The molecule has 7 nitrogen and oxygen atoms in total. The average Bonchev–Trinajstić information content (AvgIpc) is 2.70. The summed E-state index contributed by atoms with van der Waals surface area (Å²) in [6.45, 7) is 2.99. The first-order valence-corrected chi connectivity index (χ1v) is 9.18. The Bertz CT molecular complexity index is 982. The molecule has 27 heavy (non-hydrogen) atoms. The van der Waals surface area contributed by atoms with Crippen molar-refractivity contribution in [3.8, 4) is 0 Å². The van der Waals surface area contributed by atoms with Crippen LogP contribution < -0.4 is 15.8 Å². The van der Waals surface area contributed by atoms with E-state index >= 15 is 0 Å². The third-order valence-corrected chi connectivity index (χ3v) is 4.89. The van der Waals surface area contributed by atoms with Crippen molar-refractivity contribution < 1.29 is 4.74 Å². The van der Waals surface area contributed by atoms with Gasteiger partial charge in [-0.15, -0.1) is 0 Å². The third-order valence-electron chi connectivity index (χ3n) is 4.89. The fourth-order valence-corrected chi connectivity index (χ4v) is 3.38. The van der Waals surface area contributed by atoms with Gasteiger partial charge < -0.3 is 15.0 Å². The molecule has 1 N–H and O–H groups in total. The fraction of sp³-hybridized carbons (Fsp3) is 0.350. The lowest BCUT2D eigenvalue weighted by Crippen LogP contribution is -2.43. The summed E-state index contributed by atoms with van der Waals surface area (Å²) in [6, 6.07) is 11.7. The normalized spacial score (nSPS) is 17.2. The number of nitrogens with zero attached hydrogens (tertiary/aromatic N) is 4. The molecule has 0 aliphatic carbocycles. The van der Waals surface area contributed by atoms with Gasteiger partial charge in [0.2, 0.25) is 0 Å². The number of hydrogen-bond donors (Lipinski definition) is 1. The van der Waals surface area contributed by atoms with E-state index in [1.165, 1.54) is 4.68 Å². The number of benzene rings is 1. The minimum Gasteiger partial charge on any atom is -0.384 e. The SMILES string of the molecule is Cn1ncc(N2CCO[C@@H](CCNc3ccnc4ccccc34)C2)cc1=O. The molecule has 0 saturated carbocycles. The van der Waals surface area contributed by atoms with E-state index < -0.39 is 0 Å². The molecule has 2 aromatic heterocycles. The van der Waals surface area contributed by atoms with Crippen LogP contribution in [0.5, 0.6) is 0 Å². The molecule has 3 aromatic rings. The second kappa shape index (κ2) is 7.75. The lowest BCUT2D eigenvalue weighted by molar-refractivity contribution is 0.0375. The number of ether oxygens (including phenoxy) is 1. The first-order chi connectivity index (χ1) is 13.2.